The molecule has 1 fully saturated rings. The predicted molar refractivity (Wildman–Crippen MR) is 120 cm³/mol. The largest absolute Gasteiger partial charge is 0.322 e. The Kier molecular flexibility index (Phi) is 6.24. The molecule has 32 heavy (non-hydrogen) atoms. The second-order valence-electron chi connectivity index (χ2n) is 7.98. The maximum atomic E-state index is 14.1. The van der Waals surface area contributed by atoms with Gasteiger partial charge in [0.2, 0.25) is 21.8 Å². The first-order valence-corrected chi connectivity index (χ1v) is 12.2. The molecule has 1 atom stereocenters. The molecule has 0 bridgehead atoms. The topological polar surface area (TPSA) is 86.8 Å². The van der Waals surface area contributed by atoms with Gasteiger partial charge in [-0.25, -0.2) is 12.8 Å². The number of carbonyl (C=O) groups excluding carboxylic acids is 2. The minimum absolute atomic E-state index is 0.0489. The molecule has 0 aromatic heterocycles. The lowest BCUT2D eigenvalue weighted by atomic mass is 10.1. The van der Waals surface area contributed by atoms with Crippen LogP contribution in [0.4, 0.5) is 15.8 Å². The lowest BCUT2D eigenvalue weighted by Crippen LogP contribution is -2.44. The van der Waals surface area contributed by atoms with Crippen molar-refractivity contribution in [2.45, 2.75) is 43.5 Å². The van der Waals surface area contributed by atoms with Gasteiger partial charge in [0.15, 0.2) is 0 Å². The summed E-state index contributed by atoms with van der Waals surface area (Å²) in [7, 11) is -3.65. The van der Waals surface area contributed by atoms with Crippen molar-refractivity contribution >= 4 is 44.8 Å². The fourth-order valence-electron chi connectivity index (χ4n) is 4.25. The summed E-state index contributed by atoms with van der Waals surface area (Å²) in [5, 5.41) is 2.70. The molecule has 2 aliphatic heterocycles. The van der Waals surface area contributed by atoms with Gasteiger partial charge in [0.05, 0.1) is 10.6 Å². The van der Waals surface area contributed by atoms with Gasteiger partial charge in [0.1, 0.15) is 11.9 Å². The molecule has 0 spiro atoms. The van der Waals surface area contributed by atoms with E-state index in [1.54, 1.807) is 6.07 Å². The number of benzene rings is 2. The van der Waals surface area contributed by atoms with Gasteiger partial charge in [-0.1, -0.05) is 18.0 Å². The highest BCUT2D eigenvalue weighted by Crippen LogP contribution is 2.35. The molecule has 2 aromatic rings. The minimum atomic E-state index is -3.65. The number of nitrogens with one attached hydrogen (secondary N) is 1. The van der Waals surface area contributed by atoms with E-state index >= 15 is 0 Å². The zero-order valence-corrected chi connectivity index (χ0v) is 19.0. The third-order valence-corrected chi connectivity index (χ3v) is 7.95. The molecular formula is C22H23ClFN3O4S. The van der Waals surface area contributed by atoms with Gasteiger partial charge < -0.3 is 5.32 Å². The first-order valence-electron chi connectivity index (χ1n) is 10.4. The maximum absolute atomic E-state index is 14.1. The zero-order chi connectivity index (χ0) is 23.0. The molecule has 2 aromatic carbocycles. The highest BCUT2D eigenvalue weighted by molar-refractivity contribution is 7.89. The molecule has 4 rings (SSSR count). The number of amides is 2. The van der Waals surface area contributed by atoms with E-state index < -0.39 is 27.8 Å². The smallest absolute Gasteiger partial charge is 0.247 e. The van der Waals surface area contributed by atoms with Gasteiger partial charge in [-0.05, 0) is 54.8 Å². The van der Waals surface area contributed by atoms with Gasteiger partial charge >= 0.3 is 0 Å². The summed E-state index contributed by atoms with van der Waals surface area (Å²) in [5.41, 5.74) is 1.01. The number of hydrogen-bond donors (Lipinski definition) is 1. The van der Waals surface area contributed by atoms with Crippen molar-refractivity contribution in [3.8, 4) is 0 Å². The number of halogens is 2. The Morgan fingerprint density at radius 1 is 1.09 bits per heavy atom. The SMILES string of the molecule is CC(=O)N1c2ccc(S(=O)(=O)N3CCCCC3)cc2CC1C(=O)Nc1ccc(Cl)cc1F. The standard InChI is InChI=1S/C22H23ClFN3O4S/c1-14(28)27-20-8-6-17(32(30,31)26-9-3-2-4-10-26)11-15(20)12-21(27)22(29)25-19-7-5-16(23)13-18(19)24/h5-8,11,13,21H,2-4,9-10,12H2,1H3,(H,25,29). The Bertz CT molecular complexity index is 1180. The highest BCUT2D eigenvalue weighted by atomic mass is 35.5. The Balaban J connectivity index is 1.61. The van der Waals surface area contributed by atoms with Crippen molar-refractivity contribution < 1.29 is 22.4 Å². The van der Waals surface area contributed by atoms with Crippen LogP contribution in [0.25, 0.3) is 0 Å². The number of carbonyl (C=O) groups is 2. The average molecular weight is 480 g/mol. The molecule has 0 aliphatic carbocycles. The maximum Gasteiger partial charge on any atom is 0.247 e. The Morgan fingerprint density at radius 3 is 2.47 bits per heavy atom. The number of anilines is 2. The number of piperidine rings is 1. The van der Waals surface area contributed by atoms with Gasteiger partial charge in [-0.3, -0.25) is 14.5 Å². The number of fused-ring (bicyclic) bond motifs is 1. The quantitative estimate of drug-likeness (QED) is 0.726. The molecule has 10 heteroatoms. The van der Waals surface area contributed by atoms with E-state index in [0.29, 0.717) is 24.3 Å². The average Bonchev–Trinajstić information content (AvgIpc) is 3.15. The number of rotatable bonds is 4. The molecule has 1 saturated heterocycles. The Labute approximate surface area is 191 Å². The first-order chi connectivity index (χ1) is 15.2. The first kappa shape index (κ1) is 22.7. The predicted octanol–water partition coefficient (Wildman–Crippen LogP) is 3.57. The summed E-state index contributed by atoms with van der Waals surface area (Å²) >= 11 is 5.76. The number of hydrogen-bond acceptors (Lipinski definition) is 4. The number of nitrogens with zero attached hydrogens (tertiary/aromatic N) is 2. The molecule has 170 valence electrons. The summed E-state index contributed by atoms with van der Waals surface area (Å²) in [6.07, 6.45) is 2.78. The van der Waals surface area contributed by atoms with Crippen LogP contribution in [0, 0.1) is 5.82 Å². The third-order valence-electron chi connectivity index (χ3n) is 5.82. The molecular weight excluding hydrogens is 457 g/mol. The normalized spacial score (nSPS) is 19.0. The molecule has 1 unspecified atom stereocenters. The van der Waals surface area contributed by atoms with Crippen LogP contribution in [0.5, 0.6) is 0 Å². The van der Waals surface area contributed by atoms with Crippen molar-refractivity contribution in [1.29, 1.82) is 0 Å². The van der Waals surface area contributed by atoms with Gasteiger partial charge in [0, 0.05) is 37.1 Å². The monoisotopic (exact) mass is 479 g/mol. The van der Waals surface area contributed by atoms with Crippen LogP contribution in [-0.2, 0) is 26.0 Å². The van der Waals surface area contributed by atoms with Crippen LogP contribution >= 0.6 is 11.6 Å². The summed E-state index contributed by atoms with van der Waals surface area (Å²) < 4.78 is 41.7. The summed E-state index contributed by atoms with van der Waals surface area (Å²) in [6.45, 7) is 2.30. The molecule has 0 radical (unpaired) electrons. The van der Waals surface area contributed by atoms with E-state index in [0.717, 1.165) is 25.3 Å². The van der Waals surface area contributed by atoms with E-state index in [-0.39, 0.29) is 27.9 Å². The highest BCUT2D eigenvalue weighted by Gasteiger charge is 2.38. The van der Waals surface area contributed by atoms with Gasteiger partial charge in [-0.15, -0.1) is 0 Å². The summed E-state index contributed by atoms with van der Waals surface area (Å²) in [6, 6.07) is 7.52. The van der Waals surface area contributed by atoms with Crippen LogP contribution in [0.1, 0.15) is 31.7 Å². The van der Waals surface area contributed by atoms with Gasteiger partial charge in [0.25, 0.3) is 0 Å². The van der Waals surface area contributed by atoms with Crippen LogP contribution < -0.4 is 10.2 Å². The van der Waals surface area contributed by atoms with E-state index in [1.165, 1.54) is 40.4 Å². The Hall–Kier alpha value is -2.49. The Morgan fingerprint density at radius 2 is 1.81 bits per heavy atom. The third kappa shape index (κ3) is 4.24. The fraction of sp³-hybridized carbons (Fsp3) is 0.364. The molecule has 1 N–H and O–H groups in total. The minimum Gasteiger partial charge on any atom is -0.322 e. The van der Waals surface area contributed by atoms with E-state index in [9.17, 15) is 22.4 Å². The molecule has 2 amide bonds. The van der Waals surface area contributed by atoms with Crippen LogP contribution in [0.2, 0.25) is 5.02 Å². The van der Waals surface area contributed by atoms with Gasteiger partial charge in [-0.2, -0.15) is 4.31 Å². The number of sulfonamides is 1. The van der Waals surface area contributed by atoms with E-state index in [1.807, 2.05) is 0 Å². The van der Waals surface area contributed by atoms with Crippen molar-refractivity contribution in [3.63, 3.8) is 0 Å². The second kappa shape index (κ2) is 8.80. The molecule has 2 heterocycles. The van der Waals surface area contributed by atoms with Crippen molar-refractivity contribution in [2.75, 3.05) is 23.3 Å². The van der Waals surface area contributed by atoms with Crippen LogP contribution in [0.3, 0.4) is 0 Å². The van der Waals surface area contributed by atoms with Crippen LogP contribution in [-0.4, -0.2) is 43.7 Å². The lowest BCUT2D eigenvalue weighted by molar-refractivity contribution is -0.122. The van der Waals surface area contributed by atoms with E-state index in [2.05, 4.69) is 5.32 Å². The fourth-order valence-corrected chi connectivity index (χ4v) is 5.98. The molecule has 7 nitrogen and oxygen atoms in total. The van der Waals surface area contributed by atoms with Crippen molar-refractivity contribution in [3.05, 3.63) is 52.8 Å². The molecule has 0 saturated carbocycles. The second-order valence-corrected chi connectivity index (χ2v) is 10.4. The van der Waals surface area contributed by atoms with Crippen molar-refractivity contribution in [1.82, 2.24) is 4.31 Å². The summed E-state index contributed by atoms with van der Waals surface area (Å²) in [5.74, 6) is -1.63. The van der Waals surface area contributed by atoms with Crippen LogP contribution in [0.15, 0.2) is 41.3 Å². The van der Waals surface area contributed by atoms with E-state index in [4.69, 9.17) is 11.6 Å². The lowest BCUT2D eigenvalue weighted by Gasteiger charge is -2.26. The van der Waals surface area contributed by atoms with Crippen molar-refractivity contribution in [2.24, 2.45) is 0 Å². The zero-order valence-electron chi connectivity index (χ0n) is 17.5. The molecule has 2 aliphatic rings. The summed E-state index contributed by atoms with van der Waals surface area (Å²) in [4.78, 5) is 26.7.